The standard InChI is InChI=1S/C22H37N3O8P6S/c1-24(23-16-20-8-12-22(13-9-20)33-37(34)35)36(40)32-21-10-6-19(7-11-21)14-15-25(17-38(26,28-2)29-3)18-39(27,30-4)31-5/h6-13,16,36H,14-15,17-18,34-35H2,1-5H3/b23-16+. The van der Waals surface area contributed by atoms with Crippen molar-refractivity contribution in [1.29, 1.82) is 0 Å². The molecule has 0 aromatic heterocycles. The van der Waals surface area contributed by atoms with Crippen molar-refractivity contribution >= 4 is 65.7 Å². The van der Waals surface area contributed by atoms with Crippen LogP contribution in [0.2, 0.25) is 0 Å². The normalized spacial score (nSPS) is 13.2. The quantitative estimate of drug-likeness (QED) is 0.0957. The Morgan fingerprint density at radius 3 is 1.88 bits per heavy atom. The van der Waals surface area contributed by atoms with Gasteiger partial charge in [-0.15, -0.1) is 0 Å². The van der Waals surface area contributed by atoms with Crippen molar-refractivity contribution in [3.8, 4) is 11.5 Å². The molecule has 3 unspecified atom stereocenters. The van der Waals surface area contributed by atoms with Crippen molar-refractivity contribution < 1.29 is 36.3 Å². The monoisotopic (exact) mass is 689 g/mol. The second kappa shape index (κ2) is 17.7. The average Bonchev–Trinajstić information content (AvgIpc) is 2.95. The molecule has 2 aromatic rings. The Morgan fingerprint density at radius 1 is 0.900 bits per heavy atom. The van der Waals surface area contributed by atoms with E-state index in [9.17, 15) is 9.13 Å². The van der Waals surface area contributed by atoms with Crippen LogP contribution in [0.3, 0.4) is 0 Å². The molecular formula is C22H37N3O8P6S. The molecule has 0 aliphatic carbocycles. The van der Waals surface area contributed by atoms with E-state index >= 15 is 0 Å². The molecule has 0 N–H and O–H groups in total. The molecule has 0 aliphatic rings. The predicted octanol–water partition coefficient (Wildman–Crippen LogP) is 6.62. The Balaban J connectivity index is 1.96. The summed E-state index contributed by atoms with van der Waals surface area (Å²) in [5, 5.41) is 4.42. The summed E-state index contributed by atoms with van der Waals surface area (Å²) in [6.45, 7) is 0.407. The molecule has 0 radical (unpaired) electrons. The summed E-state index contributed by atoms with van der Waals surface area (Å²) in [6, 6.07) is 15.1. The number of hydrogen-bond acceptors (Lipinski definition) is 11. The highest BCUT2D eigenvalue weighted by Crippen LogP contribution is 2.53. The van der Waals surface area contributed by atoms with Gasteiger partial charge in [0.15, 0.2) is 0 Å². The Labute approximate surface area is 248 Å². The van der Waals surface area contributed by atoms with Crippen LogP contribution in [0.4, 0.5) is 0 Å². The van der Waals surface area contributed by atoms with Crippen molar-refractivity contribution in [1.82, 2.24) is 9.68 Å². The van der Waals surface area contributed by atoms with Gasteiger partial charge in [-0.3, -0.25) is 14.0 Å². The van der Waals surface area contributed by atoms with E-state index in [-0.39, 0.29) is 12.6 Å². The van der Waals surface area contributed by atoms with Crippen LogP contribution in [0.1, 0.15) is 11.1 Å². The van der Waals surface area contributed by atoms with E-state index in [4.69, 9.17) is 38.9 Å². The van der Waals surface area contributed by atoms with Gasteiger partial charge >= 0.3 is 15.2 Å². The van der Waals surface area contributed by atoms with Crippen LogP contribution < -0.4 is 9.05 Å². The first-order chi connectivity index (χ1) is 18.9. The fraction of sp³-hybridized carbons (Fsp3) is 0.409. The van der Waals surface area contributed by atoms with Gasteiger partial charge in [-0.1, -0.05) is 30.0 Å². The fourth-order valence-electron chi connectivity index (χ4n) is 3.17. The molecule has 0 heterocycles. The number of hydrazone groups is 1. The highest BCUT2D eigenvalue weighted by Gasteiger charge is 2.31. The van der Waals surface area contributed by atoms with Crippen LogP contribution in [-0.2, 0) is 45.5 Å². The van der Waals surface area contributed by atoms with Gasteiger partial charge < -0.3 is 27.1 Å². The number of nitrogens with zero attached hydrogens (tertiary/aromatic N) is 3. The molecule has 224 valence electrons. The smallest absolute Gasteiger partial charge is 0.344 e. The van der Waals surface area contributed by atoms with Crippen LogP contribution in [0, 0.1) is 0 Å². The van der Waals surface area contributed by atoms with Crippen molar-refractivity contribution in [2.75, 3.05) is 54.6 Å². The molecular weight excluding hydrogens is 652 g/mol. The third-order valence-corrected chi connectivity index (χ3v) is 12.3. The highest BCUT2D eigenvalue weighted by atomic mass is 32.4. The molecule has 0 saturated carbocycles. The first-order valence-electron chi connectivity index (χ1n) is 11.7. The minimum absolute atomic E-state index is 0.0681. The zero-order valence-electron chi connectivity index (χ0n) is 23.0. The molecule has 3 atom stereocenters. The summed E-state index contributed by atoms with van der Waals surface area (Å²) in [7, 11) is 3.01. The summed E-state index contributed by atoms with van der Waals surface area (Å²) in [5.41, 5.74) is 1.90. The SMILES string of the molecule is COP(=O)(CN(CCc1ccc(O[PH](=S)N(C)/N=C/c2ccc(OP(P)P)cc2)cc1)CP(=O)(OC)OC)OC. The van der Waals surface area contributed by atoms with Gasteiger partial charge in [-0.05, 0) is 65.8 Å². The number of hydrogen-bond donors (Lipinski definition) is 0. The lowest BCUT2D eigenvalue weighted by molar-refractivity contribution is 0.224. The lowest BCUT2D eigenvalue weighted by atomic mass is 10.1. The zero-order chi connectivity index (χ0) is 29.8. The van der Waals surface area contributed by atoms with Crippen LogP contribution in [0.5, 0.6) is 11.5 Å². The molecule has 18 heteroatoms. The average molecular weight is 689 g/mol. The number of rotatable bonds is 18. The third-order valence-electron chi connectivity index (χ3n) is 5.44. The molecule has 0 bridgehead atoms. The molecule has 2 aromatic carbocycles. The molecule has 0 amide bonds. The maximum Gasteiger partial charge on any atom is 0.344 e. The summed E-state index contributed by atoms with van der Waals surface area (Å²) in [5.74, 6) is 1.43. The van der Waals surface area contributed by atoms with E-state index in [0.717, 1.165) is 16.9 Å². The van der Waals surface area contributed by atoms with E-state index in [2.05, 4.69) is 23.0 Å². The molecule has 0 spiro atoms. The molecule has 0 aliphatic heterocycles. The fourth-order valence-corrected chi connectivity index (χ4v) is 7.70. The van der Waals surface area contributed by atoms with Crippen LogP contribution in [0.15, 0.2) is 53.6 Å². The Morgan fingerprint density at radius 2 is 1.40 bits per heavy atom. The summed E-state index contributed by atoms with van der Waals surface area (Å²) in [4.78, 5) is 1.69. The van der Waals surface area contributed by atoms with E-state index in [0.29, 0.717) is 18.7 Å². The summed E-state index contributed by atoms with van der Waals surface area (Å²) in [6.07, 6.45) is 2.15. The Kier molecular flexibility index (Phi) is 15.9. The summed E-state index contributed by atoms with van der Waals surface area (Å²) < 4.78 is 58.9. The third kappa shape index (κ3) is 12.5. The Hall–Kier alpha value is -0.290. The number of benzene rings is 2. The van der Waals surface area contributed by atoms with Crippen molar-refractivity contribution in [2.45, 2.75) is 6.42 Å². The second-order valence-corrected chi connectivity index (χ2v) is 20.8. The van der Waals surface area contributed by atoms with Gasteiger partial charge in [0.2, 0.25) is 7.07 Å². The van der Waals surface area contributed by atoms with Crippen LogP contribution in [0.25, 0.3) is 0 Å². The minimum Gasteiger partial charge on any atom is -0.466 e. The van der Waals surface area contributed by atoms with Gasteiger partial charge in [0.05, 0.1) is 6.21 Å². The minimum atomic E-state index is -3.39. The topological polar surface area (TPSA) is 108 Å². The summed E-state index contributed by atoms with van der Waals surface area (Å²) >= 11 is 5.55. The predicted molar refractivity (Wildman–Crippen MR) is 175 cm³/mol. The van der Waals surface area contributed by atoms with E-state index in [1.54, 1.807) is 22.9 Å². The van der Waals surface area contributed by atoms with Gasteiger partial charge in [0.1, 0.15) is 31.6 Å². The maximum atomic E-state index is 12.7. The lowest BCUT2D eigenvalue weighted by Gasteiger charge is -2.27. The Bertz CT molecular complexity index is 1160. The van der Waals surface area contributed by atoms with Gasteiger partial charge in [-0.25, -0.2) is 4.78 Å². The van der Waals surface area contributed by atoms with Gasteiger partial charge in [0, 0.05) is 42.0 Å². The molecule has 0 saturated heterocycles. The van der Waals surface area contributed by atoms with Gasteiger partial charge in [-0.2, -0.15) is 5.10 Å². The first-order valence-corrected chi connectivity index (χ1v) is 22.2. The maximum absolute atomic E-state index is 12.7. The van der Waals surface area contributed by atoms with Crippen molar-refractivity contribution in [3.63, 3.8) is 0 Å². The van der Waals surface area contributed by atoms with Crippen LogP contribution >= 0.6 is 47.6 Å². The van der Waals surface area contributed by atoms with Crippen molar-refractivity contribution in [2.24, 2.45) is 5.10 Å². The van der Waals surface area contributed by atoms with E-state index in [1.165, 1.54) is 28.4 Å². The molecule has 11 nitrogen and oxygen atoms in total. The molecule has 40 heavy (non-hydrogen) atoms. The largest absolute Gasteiger partial charge is 0.466 e. The van der Waals surface area contributed by atoms with E-state index < -0.39 is 29.8 Å². The lowest BCUT2D eigenvalue weighted by Crippen LogP contribution is -2.29. The van der Waals surface area contributed by atoms with Crippen molar-refractivity contribution in [3.05, 3.63) is 59.7 Å². The van der Waals surface area contributed by atoms with Crippen LogP contribution in [-0.4, -0.2) is 70.5 Å². The van der Waals surface area contributed by atoms with Gasteiger partial charge in [0.25, 0.3) is 0 Å². The molecule has 2 rings (SSSR count). The zero-order valence-corrected chi connectivity index (χ0v) is 29.8. The molecule has 0 fully saturated rings. The highest BCUT2D eigenvalue weighted by molar-refractivity contribution is 8.41. The second-order valence-electron chi connectivity index (χ2n) is 8.18. The van der Waals surface area contributed by atoms with E-state index in [1.807, 2.05) is 48.5 Å². The first kappa shape index (κ1) is 35.9.